The summed E-state index contributed by atoms with van der Waals surface area (Å²) < 4.78 is 3.10. The third kappa shape index (κ3) is 5.93. The van der Waals surface area contributed by atoms with Crippen molar-refractivity contribution in [3.63, 3.8) is 0 Å². The zero-order valence-electron chi connectivity index (χ0n) is 11.7. The van der Waals surface area contributed by atoms with Gasteiger partial charge in [-0.05, 0) is 18.1 Å². The summed E-state index contributed by atoms with van der Waals surface area (Å²) in [5.74, 6) is 1.42. The van der Waals surface area contributed by atoms with E-state index in [1.807, 2.05) is 29.0 Å². The fourth-order valence-corrected chi connectivity index (χ4v) is 3.30. The van der Waals surface area contributed by atoms with Gasteiger partial charge in [0.15, 0.2) is 0 Å². The largest absolute Gasteiger partial charge is 0.355 e. The molecule has 2 aromatic rings. The topological polar surface area (TPSA) is 46.9 Å². The standard InChI is InChI=1S/C15H18BrN3OS/c16-14-5-2-1-4-13(14)10-21-11-15(20)18-6-3-8-19-9-7-17-12-19/h1-2,4-5,7,9,12H,3,6,8,10-11H2,(H,18,20). The van der Waals surface area contributed by atoms with Crippen LogP contribution in [0.15, 0.2) is 47.5 Å². The van der Waals surface area contributed by atoms with Crippen LogP contribution in [0.4, 0.5) is 0 Å². The molecule has 0 aliphatic carbocycles. The van der Waals surface area contributed by atoms with Crippen molar-refractivity contribution in [1.29, 1.82) is 0 Å². The van der Waals surface area contributed by atoms with Crippen LogP contribution in [0.5, 0.6) is 0 Å². The number of carbonyl (C=O) groups excluding carboxylic acids is 1. The number of aromatic nitrogens is 2. The maximum absolute atomic E-state index is 11.7. The van der Waals surface area contributed by atoms with Crippen molar-refractivity contribution in [3.05, 3.63) is 53.0 Å². The monoisotopic (exact) mass is 367 g/mol. The van der Waals surface area contributed by atoms with E-state index in [0.29, 0.717) is 12.3 Å². The van der Waals surface area contributed by atoms with Crippen LogP contribution in [0.1, 0.15) is 12.0 Å². The molecular formula is C15H18BrN3OS. The molecule has 21 heavy (non-hydrogen) atoms. The molecule has 0 radical (unpaired) electrons. The first-order valence-corrected chi connectivity index (χ1v) is 8.74. The molecule has 0 spiro atoms. The van der Waals surface area contributed by atoms with Crippen molar-refractivity contribution in [3.8, 4) is 0 Å². The smallest absolute Gasteiger partial charge is 0.230 e. The third-order valence-electron chi connectivity index (χ3n) is 2.92. The van der Waals surface area contributed by atoms with Crippen molar-refractivity contribution in [2.24, 2.45) is 0 Å². The lowest BCUT2D eigenvalue weighted by Gasteiger charge is -2.06. The molecule has 112 valence electrons. The van der Waals surface area contributed by atoms with Crippen molar-refractivity contribution < 1.29 is 4.79 Å². The van der Waals surface area contributed by atoms with Gasteiger partial charge in [0.1, 0.15) is 0 Å². The molecule has 1 N–H and O–H groups in total. The minimum Gasteiger partial charge on any atom is -0.355 e. The van der Waals surface area contributed by atoms with Gasteiger partial charge >= 0.3 is 0 Å². The van der Waals surface area contributed by atoms with Crippen LogP contribution in [0, 0.1) is 0 Å². The number of nitrogens with one attached hydrogen (secondary N) is 1. The molecule has 6 heteroatoms. The second kappa shape index (κ2) is 8.89. The van der Waals surface area contributed by atoms with Gasteiger partial charge in [0.05, 0.1) is 12.1 Å². The Bertz CT molecular complexity index is 560. The highest BCUT2D eigenvalue weighted by Gasteiger charge is 2.03. The molecular weight excluding hydrogens is 350 g/mol. The van der Waals surface area contributed by atoms with E-state index in [9.17, 15) is 4.79 Å². The summed E-state index contributed by atoms with van der Waals surface area (Å²) >= 11 is 5.14. The Labute approximate surface area is 137 Å². The number of rotatable bonds is 8. The van der Waals surface area contributed by atoms with E-state index in [0.717, 1.165) is 23.2 Å². The van der Waals surface area contributed by atoms with Gasteiger partial charge in [-0.15, -0.1) is 11.8 Å². The van der Waals surface area contributed by atoms with Gasteiger partial charge in [-0.25, -0.2) is 4.98 Å². The highest BCUT2D eigenvalue weighted by Crippen LogP contribution is 2.20. The van der Waals surface area contributed by atoms with E-state index in [1.165, 1.54) is 5.56 Å². The number of benzene rings is 1. The molecule has 1 amide bonds. The molecule has 0 bridgehead atoms. The second-order valence-electron chi connectivity index (χ2n) is 4.59. The molecule has 1 heterocycles. The highest BCUT2D eigenvalue weighted by molar-refractivity contribution is 9.10. The van der Waals surface area contributed by atoms with E-state index >= 15 is 0 Å². The lowest BCUT2D eigenvalue weighted by Crippen LogP contribution is -2.26. The minimum atomic E-state index is 0.0951. The Kier molecular flexibility index (Phi) is 6.82. The molecule has 0 atom stereocenters. The summed E-state index contributed by atoms with van der Waals surface area (Å²) in [7, 11) is 0. The van der Waals surface area contributed by atoms with E-state index in [1.54, 1.807) is 24.3 Å². The van der Waals surface area contributed by atoms with Crippen molar-refractivity contribution in [1.82, 2.24) is 14.9 Å². The first-order valence-electron chi connectivity index (χ1n) is 6.79. The summed E-state index contributed by atoms with van der Waals surface area (Å²) in [6.45, 7) is 1.58. The molecule has 0 aliphatic rings. The molecule has 2 rings (SSSR count). The number of amides is 1. The lowest BCUT2D eigenvalue weighted by molar-refractivity contribution is -0.118. The lowest BCUT2D eigenvalue weighted by atomic mass is 10.2. The zero-order valence-corrected chi connectivity index (χ0v) is 14.1. The number of carbonyl (C=O) groups is 1. The van der Waals surface area contributed by atoms with Crippen LogP contribution in [0.25, 0.3) is 0 Å². The first kappa shape index (κ1) is 16.1. The fraction of sp³-hybridized carbons (Fsp3) is 0.333. The molecule has 0 saturated carbocycles. The quantitative estimate of drug-likeness (QED) is 0.729. The van der Waals surface area contributed by atoms with Crippen LogP contribution >= 0.6 is 27.7 Å². The van der Waals surface area contributed by atoms with E-state index in [4.69, 9.17) is 0 Å². The summed E-state index contributed by atoms with van der Waals surface area (Å²) in [6.07, 6.45) is 6.39. The van der Waals surface area contributed by atoms with E-state index in [2.05, 4.69) is 32.3 Å². The average Bonchev–Trinajstić information content (AvgIpc) is 2.99. The maximum atomic E-state index is 11.7. The minimum absolute atomic E-state index is 0.0951. The van der Waals surface area contributed by atoms with Crippen molar-refractivity contribution in [2.75, 3.05) is 12.3 Å². The molecule has 0 unspecified atom stereocenters. The van der Waals surface area contributed by atoms with Gasteiger partial charge in [0.2, 0.25) is 5.91 Å². The molecule has 0 aliphatic heterocycles. The second-order valence-corrected chi connectivity index (χ2v) is 6.43. The number of imidazole rings is 1. The number of nitrogens with zero attached hydrogens (tertiary/aromatic N) is 2. The number of thioether (sulfide) groups is 1. The van der Waals surface area contributed by atoms with Crippen molar-refractivity contribution in [2.45, 2.75) is 18.7 Å². The number of aryl methyl sites for hydroxylation is 1. The average molecular weight is 368 g/mol. The Morgan fingerprint density at radius 2 is 2.24 bits per heavy atom. The predicted molar refractivity (Wildman–Crippen MR) is 90.2 cm³/mol. The Hall–Kier alpha value is -1.27. The SMILES string of the molecule is O=C(CSCc1ccccc1Br)NCCCn1ccnc1. The zero-order chi connectivity index (χ0) is 14.9. The van der Waals surface area contributed by atoms with Crippen LogP contribution in [-0.2, 0) is 17.1 Å². The first-order chi connectivity index (χ1) is 10.3. The molecule has 1 aromatic carbocycles. The van der Waals surface area contributed by atoms with Gasteiger partial charge in [0, 0.05) is 35.7 Å². The summed E-state index contributed by atoms with van der Waals surface area (Å²) in [5, 5.41) is 2.94. The maximum Gasteiger partial charge on any atom is 0.230 e. The summed E-state index contributed by atoms with van der Waals surface area (Å²) in [4.78, 5) is 15.7. The van der Waals surface area contributed by atoms with Crippen LogP contribution in [0.2, 0.25) is 0 Å². The highest BCUT2D eigenvalue weighted by atomic mass is 79.9. The summed E-state index contributed by atoms with van der Waals surface area (Å²) in [5.41, 5.74) is 1.22. The van der Waals surface area contributed by atoms with Crippen molar-refractivity contribution >= 4 is 33.6 Å². The van der Waals surface area contributed by atoms with E-state index in [-0.39, 0.29) is 5.91 Å². The Morgan fingerprint density at radius 1 is 1.38 bits per heavy atom. The normalized spacial score (nSPS) is 10.5. The number of halogens is 1. The van der Waals surface area contributed by atoms with Gasteiger partial charge in [0.25, 0.3) is 0 Å². The van der Waals surface area contributed by atoms with Crippen LogP contribution in [-0.4, -0.2) is 27.8 Å². The van der Waals surface area contributed by atoms with E-state index < -0.39 is 0 Å². The third-order valence-corrected chi connectivity index (χ3v) is 4.68. The summed E-state index contributed by atoms with van der Waals surface area (Å²) in [6, 6.07) is 8.09. The molecule has 1 aromatic heterocycles. The van der Waals surface area contributed by atoms with Crippen LogP contribution in [0.3, 0.4) is 0 Å². The van der Waals surface area contributed by atoms with Crippen LogP contribution < -0.4 is 5.32 Å². The van der Waals surface area contributed by atoms with Gasteiger partial charge in [-0.2, -0.15) is 0 Å². The fourth-order valence-electron chi connectivity index (χ4n) is 1.83. The molecule has 0 saturated heterocycles. The molecule has 4 nitrogen and oxygen atoms in total. The van der Waals surface area contributed by atoms with Gasteiger partial charge < -0.3 is 9.88 Å². The Morgan fingerprint density at radius 3 is 3.00 bits per heavy atom. The number of hydrogen-bond acceptors (Lipinski definition) is 3. The predicted octanol–water partition coefficient (Wildman–Crippen LogP) is 3.09. The Balaban J connectivity index is 1.56. The molecule has 0 fully saturated rings. The van der Waals surface area contributed by atoms with Gasteiger partial charge in [-0.3, -0.25) is 4.79 Å². The number of hydrogen-bond donors (Lipinski definition) is 1. The van der Waals surface area contributed by atoms with Gasteiger partial charge in [-0.1, -0.05) is 34.1 Å².